The van der Waals surface area contributed by atoms with Gasteiger partial charge in [0.15, 0.2) is 0 Å². The molecule has 0 saturated heterocycles. The summed E-state index contributed by atoms with van der Waals surface area (Å²) in [6.45, 7) is 8.33. The molecule has 3 aromatic rings. The summed E-state index contributed by atoms with van der Waals surface area (Å²) in [5.41, 5.74) is 7.36. The van der Waals surface area contributed by atoms with E-state index in [9.17, 15) is 4.79 Å². The number of carbonyl (C=O) groups excluding carboxylic acids is 1. The van der Waals surface area contributed by atoms with Gasteiger partial charge in [0, 0.05) is 46.6 Å². The Morgan fingerprint density at radius 2 is 1.85 bits per heavy atom. The minimum atomic E-state index is -0.228. The molecule has 5 heteroatoms. The maximum Gasteiger partial charge on any atom is 0.271 e. The van der Waals surface area contributed by atoms with Gasteiger partial charge in [-0.1, -0.05) is 6.07 Å². The largest absolute Gasteiger partial charge is 0.351 e. The predicted octanol–water partition coefficient (Wildman–Crippen LogP) is 4.24. The van der Waals surface area contributed by atoms with Crippen molar-refractivity contribution in [1.82, 2.24) is 14.6 Å². The number of nitrogens with zero attached hydrogens (tertiary/aromatic N) is 3. The predicted molar refractivity (Wildman–Crippen MR) is 105 cm³/mol. The van der Waals surface area contributed by atoms with Crippen molar-refractivity contribution in [3.63, 3.8) is 0 Å². The summed E-state index contributed by atoms with van der Waals surface area (Å²) < 4.78 is 4.21. The van der Waals surface area contributed by atoms with Gasteiger partial charge in [0.25, 0.3) is 5.91 Å². The number of hydrazone groups is 1. The van der Waals surface area contributed by atoms with Crippen molar-refractivity contribution < 1.29 is 4.79 Å². The van der Waals surface area contributed by atoms with Crippen molar-refractivity contribution in [2.75, 3.05) is 0 Å². The lowest BCUT2D eigenvalue weighted by Gasteiger charge is -2.10. The number of hydrogen-bond acceptors (Lipinski definition) is 2. The third-order valence-corrected chi connectivity index (χ3v) is 4.35. The lowest BCUT2D eigenvalue weighted by atomic mass is 10.2. The molecule has 0 aliphatic heterocycles. The first kappa shape index (κ1) is 17.7. The molecular weight excluding hydrogens is 324 g/mol. The topological polar surface area (TPSA) is 51.3 Å². The van der Waals surface area contributed by atoms with Gasteiger partial charge in [0.05, 0.1) is 6.21 Å². The molecule has 0 radical (unpaired) electrons. The van der Waals surface area contributed by atoms with E-state index < -0.39 is 0 Å². The Balaban J connectivity index is 1.72. The molecule has 1 N–H and O–H groups in total. The highest BCUT2D eigenvalue weighted by Gasteiger charge is 2.08. The molecule has 0 spiro atoms. The highest BCUT2D eigenvalue weighted by Crippen LogP contribution is 2.17. The molecule has 1 amide bonds. The normalized spacial score (nSPS) is 11.4. The van der Waals surface area contributed by atoms with E-state index in [1.54, 1.807) is 12.3 Å². The fourth-order valence-electron chi connectivity index (χ4n) is 2.92. The second-order valence-electron chi connectivity index (χ2n) is 6.69. The molecule has 0 fully saturated rings. The molecule has 0 bridgehead atoms. The zero-order chi connectivity index (χ0) is 18.7. The molecule has 0 saturated carbocycles. The Kier molecular flexibility index (Phi) is 5.07. The van der Waals surface area contributed by atoms with E-state index in [1.807, 2.05) is 50.5 Å². The van der Waals surface area contributed by atoms with Gasteiger partial charge < -0.3 is 9.13 Å². The third-order valence-electron chi connectivity index (χ3n) is 4.35. The number of aromatic nitrogens is 2. The van der Waals surface area contributed by atoms with E-state index >= 15 is 0 Å². The Hall–Kier alpha value is -3.08. The average Bonchev–Trinajstić information content (AvgIpc) is 3.22. The number of aryl methyl sites for hydroxylation is 2. The number of amides is 1. The van der Waals surface area contributed by atoms with Gasteiger partial charge >= 0.3 is 0 Å². The fourth-order valence-corrected chi connectivity index (χ4v) is 2.92. The second kappa shape index (κ2) is 7.44. The summed E-state index contributed by atoms with van der Waals surface area (Å²) in [6.07, 6.45) is 5.65. The molecule has 134 valence electrons. The maximum absolute atomic E-state index is 12.4. The van der Waals surface area contributed by atoms with E-state index in [-0.39, 0.29) is 5.91 Å². The maximum atomic E-state index is 12.4. The van der Waals surface area contributed by atoms with Crippen LogP contribution in [0.4, 0.5) is 0 Å². The molecule has 0 atom stereocenters. The van der Waals surface area contributed by atoms with Gasteiger partial charge in [-0.15, -0.1) is 0 Å². The first-order chi connectivity index (χ1) is 12.5. The van der Waals surface area contributed by atoms with Crippen molar-refractivity contribution in [1.29, 1.82) is 0 Å². The fraction of sp³-hybridized carbons (Fsp3) is 0.238. The standard InChI is InChI=1S/C21H24N4O/c1-15(2)24-11-10-18(14-24)13-22-23-21(26)19-6-5-7-20(12-19)25-16(3)8-9-17(25)4/h5-15H,1-4H3,(H,23,26)/b22-13-. The minimum Gasteiger partial charge on any atom is -0.351 e. The Bertz CT molecular complexity index is 927. The van der Waals surface area contributed by atoms with E-state index in [0.717, 1.165) is 22.6 Å². The molecule has 0 aliphatic carbocycles. The third kappa shape index (κ3) is 3.77. The smallest absolute Gasteiger partial charge is 0.271 e. The van der Waals surface area contributed by atoms with Gasteiger partial charge in [-0.05, 0) is 64.1 Å². The lowest BCUT2D eigenvalue weighted by molar-refractivity contribution is 0.0955. The highest BCUT2D eigenvalue weighted by molar-refractivity contribution is 5.95. The number of rotatable bonds is 5. The van der Waals surface area contributed by atoms with Gasteiger partial charge in [0.2, 0.25) is 0 Å². The molecule has 1 aromatic carbocycles. The molecule has 2 aromatic heterocycles. The number of carbonyl (C=O) groups is 1. The van der Waals surface area contributed by atoms with Crippen LogP contribution in [-0.4, -0.2) is 21.3 Å². The molecule has 2 heterocycles. The van der Waals surface area contributed by atoms with Gasteiger partial charge in [0.1, 0.15) is 0 Å². The van der Waals surface area contributed by atoms with Crippen molar-refractivity contribution in [3.05, 3.63) is 77.4 Å². The Labute approximate surface area is 154 Å². The Morgan fingerprint density at radius 3 is 2.50 bits per heavy atom. The average molecular weight is 348 g/mol. The highest BCUT2D eigenvalue weighted by atomic mass is 16.2. The van der Waals surface area contributed by atoms with E-state index in [2.05, 4.69) is 45.6 Å². The summed E-state index contributed by atoms with van der Waals surface area (Å²) in [5, 5.41) is 4.07. The second-order valence-corrected chi connectivity index (χ2v) is 6.69. The zero-order valence-corrected chi connectivity index (χ0v) is 15.6. The quantitative estimate of drug-likeness (QED) is 0.544. The summed E-state index contributed by atoms with van der Waals surface area (Å²) in [7, 11) is 0. The number of nitrogens with one attached hydrogen (secondary N) is 1. The Morgan fingerprint density at radius 1 is 1.12 bits per heavy atom. The van der Waals surface area contributed by atoms with Crippen LogP contribution in [0.3, 0.4) is 0 Å². The van der Waals surface area contributed by atoms with E-state index in [1.165, 1.54) is 0 Å². The monoisotopic (exact) mass is 348 g/mol. The number of hydrogen-bond donors (Lipinski definition) is 1. The molecule has 3 rings (SSSR count). The number of benzene rings is 1. The summed E-state index contributed by atoms with van der Waals surface area (Å²) in [4.78, 5) is 12.4. The first-order valence-electron chi connectivity index (χ1n) is 8.72. The van der Waals surface area contributed by atoms with Crippen LogP contribution in [-0.2, 0) is 0 Å². The minimum absolute atomic E-state index is 0.228. The van der Waals surface area contributed by atoms with Crippen molar-refractivity contribution in [2.45, 2.75) is 33.7 Å². The van der Waals surface area contributed by atoms with Crippen LogP contribution in [0.25, 0.3) is 5.69 Å². The van der Waals surface area contributed by atoms with Crippen LogP contribution in [0.15, 0.2) is 60.0 Å². The van der Waals surface area contributed by atoms with Crippen molar-refractivity contribution in [2.24, 2.45) is 5.10 Å². The molecule has 26 heavy (non-hydrogen) atoms. The summed E-state index contributed by atoms with van der Waals surface area (Å²) in [5.74, 6) is -0.228. The summed E-state index contributed by atoms with van der Waals surface area (Å²) in [6, 6.07) is 14.0. The van der Waals surface area contributed by atoms with Gasteiger partial charge in [-0.3, -0.25) is 4.79 Å². The molecule has 0 aliphatic rings. The first-order valence-corrected chi connectivity index (χ1v) is 8.72. The van der Waals surface area contributed by atoms with Crippen LogP contribution in [0.2, 0.25) is 0 Å². The van der Waals surface area contributed by atoms with E-state index in [4.69, 9.17) is 0 Å². The van der Waals surface area contributed by atoms with Gasteiger partial charge in [-0.25, -0.2) is 5.43 Å². The van der Waals surface area contributed by atoms with Gasteiger partial charge in [-0.2, -0.15) is 5.10 Å². The van der Waals surface area contributed by atoms with E-state index in [0.29, 0.717) is 11.6 Å². The molecule has 5 nitrogen and oxygen atoms in total. The lowest BCUT2D eigenvalue weighted by Crippen LogP contribution is -2.18. The van der Waals surface area contributed by atoms with Crippen LogP contribution in [0.1, 0.15) is 47.2 Å². The van der Waals surface area contributed by atoms with Crippen molar-refractivity contribution >= 4 is 12.1 Å². The van der Waals surface area contributed by atoms with Crippen LogP contribution >= 0.6 is 0 Å². The SMILES string of the molecule is Cc1ccc(C)n1-c1cccc(C(=O)N/N=C\c2ccn(C(C)C)c2)c1. The van der Waals surface area contributed by atoms with Crippen molar-refractivity contribution in [3.8, 4) is 5.69 Å². The van der Waals surface area contributed by atoms with Crippen LogP contribution in [0.5, 0.6) is 0 Å². The van der Waals surface area contributed by atoms with Crippen LogP contribution < -0.4 is 5.43 Å². The zero-order valence-electron chi connectivity index (χ0n) is 15.6. The van der Waals surface area contributed by atoms with Crippen LogP contribution in [0, 0.1) is 13.8 Å². The molecular formula is C21H24N4O. The summed E-state index contributed by atoms with van der Waals surface area (Å²) >= 11 is 0. The molecule has 0 unspecified atom stereocenters.